The minimum Gasteiger partial charge on any atom is -0.444 e. The lowest BCUT2D eigenvalue weighted by Gasteiger charge is -2.33. The minimum atomic E-state index is -0.277. The highest BCUT2D eigenvalue weighted by Gasteiger charge is 2.30. The zero-order valence-electron chi connectivity index (χ0n) is 15.1. The number of amides is 2. The lowest BCUT2D eigenvalue weighted by Crippen LogP contribution is -2.54. The van der Waals surface area contributed by atoms with Crippen LogP contribution in [-0.2, 0) is 9.59 Å². The Balaban J connectivity index is 1.34. The van der Waals surface area contributed by atoms with Gasteiger partial charge in [0.05, 0.1) is 16.7 Å². The molecule has 1 atom stereocenters. The Kier molecular flexibility index (Phi) is 5.33. The number of hydrogen-bond donors (Lipinski definition) is 3. The van der Waals surface area contributed by atoms with Gasteiger partial charge in [0.1, 0.15) is 11.9 Å². The SMILES string of the molecule is N#Cc1cc2c(Br)c(NC3CCC(N[C@H]4CCC(=O)NC4=O)CC3)ncc2o1. The number of fused-ring (bicyclic) bond motifs is 1. The van der Waals surface area contributed by atoms with Crippen LogP contribution in [-0.4, -0.2) is 34.9 Å². The quantitative estimate of drug-likeness (QED) is 0.618. The zero-order valence-corrected chi connectivity index (χ0v) is 16.7. The number of carbonyl (C=O) groups excluding carboxylic acids is 2. The van der Waals surface area contributed by atoms with E-state index < -0.39 is 0 Å². The van der Waals surface area contributed by atoms with E-state index in [2.05, 4.69) is 36.9 Å². The van der Waals surface area contributed by atoms with E-state index in [1.54, 1.807) is 12.3 Å². The predicted octanol–water partition coefficient (Wildman–Crippen LogP) is 2.58. The summed E-state index contributed by atoms with van der Waals surface area (Å²) in [6.07, 6.45) is 6.37. The third-order valence-corrected chi connectivity index (χ3v) is 6.17. The molecular formula is C19H20BrN5O3. The fourth-order valence-corrected chi connectivity index (χ4v) is 4.40. The van der Waals surface area contributed by atoms with E-state index >= 15 is 0 Å². The summed E-state index contributed by atoms with van der Waals surface area (Å²) in [5.41, 5.74) is 0.575. The van der Waals surface area contributed by atoms with E-state index in [1.807, 2.05) is 6.07 Å². The molecule has 1 aliphatic carbocycles. The molecule has 28 heavy (non-hydrogen) atoms. The summed E-state index contributed by atoms with van der Waals surface area (Å²) in [4.78, 5) is 27.6. The average Bonchev–Trinajstić information content (AvgIpc) is 3.12. The van der Waals surface area contributed by atoms with E-state index in [-0.39, 0.29) is 35.7 Å². The molecule has 0 radical (unpaired) electrons. The van der Waals surface area contributed by atoms with E-state index in [4.69, 9.17) is 9.68 Å². The number of halogens is 1. The number of furan rings is 1. The minimum absolute atomic E-state index is 0.189. The van der Waals surface area contributed by atoms with Crippen molar-refractivity contribution >= 4 is 44.5 Å². The number of aromatic nitrogens is 1. The van der Waals surface area contributed by atoms with Crippen LogP contribution in [0.4, 0.5) is 5.82 Å². The summed E-state index contributed by atoms with van der Waals surface area (Å²) in [5.74, 6) is 0.592. The molecule has 2 fully saturated rings. The highest BCUT2D eigenvalue weighted by Crippen LogP contribution is 2.33. The number of rotatable bonds is 4. The summed E-state index contributed by atoms with van der Waals surface area (Å²) in [6, 6.07) is 3.98. The van der Waals surface area contributed by atoms with Gasteiger partial charge in [-0.3, -0.25) is 14.9 Å². The molecule has 2 aromatic heterocycles. The first kappa shape index (κ1) is 18.9. The van der Waals surface area contributed by atoms with Gasteiger partial charge in [0.15, 0.2) is 5.58 Å². The van der Waals surface area contributed by atoms with Crippen molar-refractivity contribution in [2.75, 3.05) is 5.32 Å². The van der Waals surface area contributed by atoms with Crippen LogP contribution in [0.1, 0.15) is 44.3 Å². The Bertz CT molecular complexity index is 958. The number of pyridine rings is 1. The van der Waals surface area contributed by atoms with Crippen LogP contribution in [0.25, 0.3) is 11.0 Å². The molecule has 2 amide bonds. The van der Waals surface area contributed by atoms with Crippen LogP contribution in [0.15, 0.2) is 21.2 Å². The van der Waals surface area contributed by atoms with Gasteiger partial charge in [0, 0.05) is 30.0 Å². The maximum Gasteiger partial charge on any atom is 0.243 e. The van der Waals surface area contributed by atoms with Crippen LogP contribution < -0.4 is 16.0 Å². The van der Waals surface area contributed by atoms with Crippen LogP contribution >= 0.6 is 15.9 Å². The van der Waals surface area contributed by atoms with E-state index in [9.17, 15) is 9.59 Å². The van der Waals surface area contributed by atoms with Gasteiger partial charge in [-0.25, -0.2) is 4.98 Å². The van der Waals surface area contributed by atoms with E-state index in [0.29, 0.717) is 18.4 Å². The van der Waals surface area contributed by atoms with Crippen molar-refractivity contribution in [1.29, 1.82) is 5.26 Å². The molecule has 0 aromatic carbocycles. The van der Waals surface area contributed by atoms with Crippen LogP contribution in [0.3, 0.4) is 0 Å². The summed E-state index contributed by atoms with van der Waals surface area (Å²) < 4.78 is 6.19. The Morgan fingerprint density at radius 2 is 1.96 bits per heavy atom. The standard InChI is InChI=1S/C19H20BrN5O3/c20-17-13-7-12(8-21)28-15(13)9-22-18(17)24-11-3-1-10(2-4-11)23-14-5-6-16(26)25-19(14)27/h7,9-11,14,23H,1-6H2,(H,22,24)(H,25,26,27)/t10?,11?,14-/m0/s1. The van der Waals surface area contributed by atoms with Gasteiger partial charge in [-0.15, -0.1) is 0 Å². The number of hydrogen-bond acceptors (Lipinski definition) is 7. The van der Waals surface area contributed by atoms with Crippen molar-refractivity contribution in [3.8, 4) is 6.07 Å². The first-order valence-electron chi connectivity index (χ1n) is 9.38. The molecule has 0 bridgehead atoms. The van der Waals surface area contributed by atoms with Crippen LogP contribution in [0.2, 0.25) is 0 Å². The molecular weight excluding hydrogens is 426 g/mol. The van der Waals surface area contributed by atoms with E-state index in [1.165, 1.54) is 0 Å². The number of nitrogens with zero attached hydrogens (tertiary/aromatic N) is 2. The lowest BCUT2D eigenvalue weighted by molar-refractivity contribution is -0.134. The second-order valence-corrected chi connectivity index (χ2v) is 8.08. The van der Waals surface area contributed by atoms with Crippen LogP contribution in [0, 0.1) is 11.3 Å². The lowest BCUT2D eigenvalue weighted by atomic mass is 9.90. The Morgan fingerprint density at radius 3 is 2.68 bits per heavy atom. The number of piperidine rings is 1. The van der Waals surface area contributed by atoms with Gasteiger partial charge in [-0.05, 0) is 48.0 Å². The van der Waals surface area contributed by atoms with Crippen molar-refractivity contribution in [2.45, 2.75) is 56.7 Å². The highest BCUT2D eigenvalue weighted by atomic mass is 79.9. The van der Waals surface area contributed by atoms with Gasteiger partial charge in [-0.2, -0.15) is 5.26 Å². The summed E-state index contributed by atoms with van der Waals surface area (Å²) in [6.45, 7) is 0. The summed E-state index contributed by atoms with van der Waals surface area (Å²) >= 11 is 3.56. The molecule has 8 nitrogen and oxygen atoms in total. The fraction of sp³-hybridized carbons (Fsp3) is 0.474. The number of anilines is 1. The van der Waals surface area contributed by atoms with Gasteiger partial charge < -0.3 is 15.1 Å². The third-order valence-electron chi connectivity index (χ3n) is 5.37. The van der Waals surface area contributed by atoms with Crippen molar-refractivity contribution in [1.82, 2.24) is 15.6 Å². The maximum atomic E-state index is 11.9. The molecule has 4 rings (SSSR count). The number of nitrogens with one attached hydrogen (secondary N) is 3. The molecule has 9 heteroatoms. The monoisotopic (exact) mass is 445 g/mol. The predicted molar refractivity (Wildman–Crippen MR) is 105 cm³/mol. The third kappa shape index (κ3) is 3.88. The second-order valence-electron chi connectivity index (χ2n) is 7.28. The Labute approximate surface area is 170 Å². The van der Waals surface area contributed by atoms with Crippen molar-refractivity contribution < 1.29 is 14.0 Å². The van der Waals surface area contributed by atoms with Crippen LogP contribution in [0.5, 0.6) is 0 Å². The molecule has 3 heterocycles. The average molecular weight is 446 g/mol. The highest BCUT2D eigenvalue weighted by molar-refractivity contribution is 9.10. The number of imide groups is 1. The Morgan fingerprint density at radius 1 is 1.21 bits per heavy atom. The topological polar surface area (TPSA) is 120 Å². The molecule has 146 valence electrons. The Hall–Kier alpha value is -2.44. The molecule has 3 N–H and O–H groups in total. The second kappa shape index (κ2) is 7.89. The number of carbonyl (C=O) groups is 2. The largest absolute Gasteiger partial charge is 0.444 e. The molecule has 1 aliphatic heterocycles. The zero-order chi connectivity index (χ0) is 19.7. The summed E-state index contributed by atoms with van der Waals surface area (Å²) in [5, 5.41) is 19.1. The van der Waals surface area contributed by atoms with Crippen molar-refractivity contribution in [2.24, 2.45) is 0 Å². The van der Waals surface area contributed by atoms with Gasteiger partial charge in [0.25, 0.3) is 0 Å². The molecule has 2 aliphatic rings. The smallest absolute Gasteiger partial charge is 0.243 e. The first-order chi connectivity index (χ1) is 13.5. The molecule has 1 saturated heterocycles. The molecule has 0 spiro atoms. The van der Waals surface area contributed by atoms with Gasteiger partial charge in [-0.1, -0.05) is 0 Å². The van der Waals surface area contributed by atoms with Gasteiger partial charge in [0.2, 0.25) is 17.6 Å². The molecule has 1 saturated carbocycles. The van der Waals surface area contributed by atoms with Crippen molar-refractivity contribution in [3.05, 3.63) is 22.5 Å². The first-order valence-corrected chi connectivity index (χ1v) is 10.2. The summed E-state index contributed by atoms with van der Waals surface area (Å²) in [7, 11) is 0. The molecule has 2 aromatic rings. The molecule has 0 unspecified atom stereocenters. The van der Waals surface area contributed by atoms with E-state index in [0.717, 1.165) is 41.4 Å². The van der Waals surface area contributed by atoms with Crippen molar-refractivity contribution in [3.63, 3.8) is 0 Å². The number of nitriles is 1. The van der Waals surface area contributed by atoms with Gasteiger partial charge >= 0.3 is 0 Å². The normalized spacial score (nSPS) is 25.4. The fourth-order valence-electron chi connectivity index (χ4n) is 3.87. The maximum absolute atomic E-state index is 11.9.